The van der Waals surface area contributed by atoms with Gasteiger partial charge in [-0.25, -0.2) is 0 Å². The lowest BCUT2D eigenvalue weighted by Gasteiger charge is -2.35. The van der Waals surface area contributed by atoms with Crippen LogP contribution in [0, 0.1) is 6.92 Å². The highest BCUT2D eigenvalue weighted by atomic mass is 16.3. The van der Waals surface area contributed by atoms with Crippen molar-refractivity contribution >= 4 is 5.91 Å². The molecule has 1 fully saturated rings. The molecular formula is C19H26N4O2. The Hall–Kier alpha value is -2.18. The monoisotopic (exact) mass is 342 g/mol. The third-order valence-corrected chi connectivity index (χ3v) is 4.70. The zero-order valence-electron chi connectivity index (χ0n) is 14.9. The van der Waals surface area contributed by atoms with Crippen LogP contribution in [0.15, 0.2) is 36.4 Å². The Labute approximate surface area is 148 Å². The zero-order chi connectivity index (χ0) is 17.8. The van der Waals surface area contributed by atoms with Crippen molar-refractivity contribution < 1.29 is 9.90 Å². The van der Waals surface area contributed by atoms with E-state index in [-0.39, 0.29) is 5.91 Å². The van der Waals surface area contributed by atoms with Crippen LogP contribution >= 0.6 is 0 Å². The fraction of sp³-hybridized carbons (Fsp3) is 0.474. The van der Waals surface area contributed by atoms with Gasteiger partial charge in [0, 0.05) is 39.3 Å². The summed E-state index contributed by atoms with van der Waals surface area (Å²) in [5.41, 5.74) is 2.47. The molecule has 1 saturated heterocycles. The Kier molecular flexibility index (Phi) is 5.50. The van der Waals surface area contributed by atoms with E-state index in [2.05, 4.69) is 10.00 Å². The van der Waals surface area contributed by atoms with Crippen molar-refractivity contribution in [2.45, 2.75) is 26.5 Å². The van der Waals surface area contributed by atoms with Crippen LogP contribution in [-0.2, 0) is 6.54 Å². The molecule has 0 radical (unpaired) electrons. The number of hydrogen-bond acceptors (Lipinski definition) is 4. The van der Waals surface area contributed by atoms with Gasteiger partial charge in [0.1, 0.15) is 5.69 Å². The Morgan fingerprint density at radius 1 is 1.20 bits per heavy atom. The summed E-state index contributed by atoms with van der Waals surface area (Å²) < 4.78 is 1.77. The van der Waals surface area contributed by atoms with E-state index < -0.39 is 6.10 Å². The van der Waals surface area contributed by atoms with E-state index >= 15 is 0 Å². The maximum Gasteiger partial charge on any atom is 0.272 e. The summed E-state index contributed by atoms with van der Waals surface area (Å²) in [6, 6.07) is 11.6. The fourth-order valence-corrected chi connectivity index (χ4v) is 3.28. The molecule has 1 amide bonds. The third kappa shape index (κ3) is 4.08. The molecule has 1 N–H and O–H groups in total. The molecule has 1 aromatic carbocycles. The van der Waals surface area contributed by atoms with Gasteiger partial charge in [0.15, 0.2) is 0 Å². The summed E-state index contributed by atoms with van der Waals surface area (Å²) in [7, 11) is 0. The lowest BCUT2D eigenvalue weighted by Crippen LogP contribution is -2.49. The molecule has 2 heterocycles. The van der Waals surface area contributed by atoms with E-state index in [1.807, 2.05) is 55.1 Å². The Bertz CT molecular complexity index is 705. The Balaban J connectivity index is 1.55. The standard InChI is InChI=1S/C19H26N4O2/c1-3-23-17(13-15(2)20-23)19(25)22-11-9-21(10-12-22)14-18(24)16-7-5-4-6-8-16/h4-8,13,18,24H,3,9-12,14H2,1-2H3/t18-/m0/s1. The smallest absolute Gasteiger partial charge is 0.272 e. The van der Waals surface area contributed by atoms with Crippen molar-refractivity contribution in [3.63, 3.8) is 0 Å². The van der Waals surface area contributed by atoms with Gasteiger partial charge in [0.2, 0.25) is 0 Å². The van der Waals surface area contributed by atoms with Crippen molar-refractivity contribution in [3.8, 4) is 0 Å². The molecule has 3 rings (SSSR count). The van der Waals surface area contributed by atoms with Gasteiger partial charge in [0.25, 0.3) is 5.91 Å². The van der Waals surface area contributed by atoms with E-state index in [1.165, 1.54) is 0 Å². The topological polar surface area (TPSA) is 61.6 Å². The zero-order valence-corrected chi connectivity index (χ0v) is 14.9. The highest BCUT2D eigenvalue weighted by Gasteiger charge is 2.25. The van der Waals surface area contributed by atoms with Crippen LogP contribution in [0.1, 0.15) is 34.8 Å². The molecule has 6 nitrogen and oxygen atoms in total. The van der Waals surface area contributed by atoms with Crippen LogP contribution < -0.4 is 0 Å². The van der Waals surface area contributed by atoms with Crippen LogP contribution in [0.3, 0.4) is 0 Å². The van der Waals surface area contributed by atoms with Gasteiger partial charge >= 0.3 is 0 Å². The maximum atomic E-state index is 12.7. The predicted octanol–water partition coefficient (Wildman–Crippen LogP) is 1.70. The van der Waals surface area contributed by atoms with Gasteiger partial charge in [0.05, 0.1) is 11.8 Å². The molecule has 2 aromatic rings. The molecule has 0 bridgehead atoms. The third-order valence-electron chi connectivity index (χ3n) is 4.70. The summed E-state index contributed by atoms with van der Waals surface area (Å²) in [5.74, 6) is 0.0470. The van der Waals surface area contributed by atoms with Crippen LogP contribution in [0.5, 0.6) is 0 Å². The van der Waals surface area contributed by atoms with Crippen molar-refractivity contribution in [2.75, 3.05) is 32.7 Å². The number of carbonyl (C=O) groups excluding carboxylic acids is 1. The van der Waals surface area contributed by atoms with E-state index in [0.29, 0.717) is 31.9 Å². The van der Waals surface area contributed by atoms with Gasteiger partial charge < -0.3 is 10.0 Å². The number of benzene rings is 1. The quantitative estimate of drug-likeness (QED) is 0.898. The molecule has 6 heteroatoms. The minimum atomic E-state index is -0.493. The van der Waals surface area contributed by atoms with E-state index in [4.69, 9.17) is 0 Å². The van der Waals surface area contributed by atoms with Gasteiger partial charge in [-0.15, -0.1) is 0 Å². The first-order valence-electron chi connectivity index (χ1n) is 8.87. The summed E-state index contributed by atoms with van der Waals surface area (Å²) in [4.78, 5) is 16.8. The number of piperazine rings is 1. The average molecular weight is 342 g/mol. The van der Waals surface area contributed by atoms with Crippen molar-refractivity contribution in [1.82, 2.24) is 19.6 Å². The number of β-amino-alcohol motifs (C(OH)–C–C–N with tert-alkyl or cyclic N) is 1. The van der Waals surface area contributed by atoms with E-state index in [9.17, 15) is 9.90 Å². The second kappa shape index (κ2) is 7.80. The van der Waals surface area contributed by atoms with Crippen molar-refractivity contribution in [3.05, 3.63) is 53.3 Å². The van der Waals surface area contributed by atoms with Gasteiger partial charge in [-0.1, -0.05) is 30.3 Å². The first-order valence-corrected chi connectivity index (χ1v) is 8.87. The Morgan fingerprint density at radius 3 is 2.52 bits per heavy atom. The number of aromatic nitrogens is 2. The SMILES string of the molecule is CCn1nc(C)cc1C(=O)N1CCN(C[C@H](O)c2ccccc2)CC1. The average Bonchev–Trinajstić information content (AvgIpc) is 3.03. The molecule has 0 unspecified atom stereocenters. The van der Waals surface area contributed by atoms with Gasteiger partial charge in [-0.05, 0) is 25.5 Å². The number of aliphatic hydroxyl groups excluding tert-OH is 1. The number of amides is 1. The highest BCUT2D eigenvalue weighted by Crippen LogP contribution is 2.16. The summed E-state index contributed by atoms with van der Waals surface area (Å²) >= 11 is 0. The molecule has 134 valence electrons. The molecule has 1 aromatic heterocycles. The second-order valence-corrected chi connectivity index (χ2v) is 6.51. The number of nitrogens with zero attached hydrogens (tertiary/aromatic N) is 4. The molecule has 1 aliphatic rings. The number of hydrogen-bond donors (Lipinski definition) is 1. The van der Waals surface area contributed by atoms with E-state index in [0.717, 1.165) is 24.3 Å². The number of aryl methyl sites for hydroxylation is 2. The first-order chi connectivity index (χ1) is 12.1. The summed E-state index contributed by atoms with van der Waals surface area (Å²) in [6.45, 7) is 8.08. The van der Waals surface area contributed by atoms with Gasteiger partial charge in [-0.2, -0.15) is 5.10 Å². The molecular weight excluding hydrogens is 316 g/mol. The predicted molar refractivity (Wildman–Crippen MR) is 96.4 cm³/mol. The molecule has 0 spiro atoms. The largest absolute Gasteiger partial charge is 0.387 e. The fourth-order valence-electron chi connectivity index (χ4n) is 3.28. The second-order valence-electron chi connectivity index (χ2n) is 6.51. The Morgan fingerprint density at radius 2 is 1.88 bits per heavy atom. The molecule has 1 atom stereocenters. The van der Waals surface area contributed by atoms with Crippen molar-refractivity contribution in [2.24, 2.45) is 0 Å². The summed E-state index contributed by atoms with van der Waals surface area (Å²) in [6.07, 6.45) is -0.493. The summed E-state index contributed by atoms with van der Waals surface area (Å²) in [5, 5.41) is 14.7. The van der Waals surface area contributed by atoms with Crippen LogP contribution in [-0.4, -0.2) is 63.3 Å². The normalized spacial score (nSPS) is 16.8. The minimum absolute atomic E-state index is 0.0470. The first kappa shape index (κ1) is 17.6. The highest BCUT2D eigenvalue weighted by molar-refractivity contribution is 5.92. The minimum Gasteiger partial charge on any atom is -0.387 e. The molecule has 0 aliphatic carbocycles. The van der Waals surface area contributed by atoms with Gasteiger partial charge in [-0.3, -0.25) is 14.4 Å². The van der Waals surface area contributed by atoms with Crippen LogP contribution in [0.2, 0.25) is 0 Å². The van der Waals surface area contributed by atoms with Crippen LogP contribution in [0.4, 0.5) is 0 Å². The molecule has 25 heavy (non-hydrogen) atoms. The maximum absolute atomic E-state index is 12.7. The molecule has 0 saturated carbocycles. The number of aliphatic hydroxyl groups is 1. The lowest BCUT2D eigenvalue weighted by atomic mass is 10.1. The molecule has 1 aliphatic heterocycles. The van der Waals surface area contributed by atoms with E-state index in [1.54, 1.807) is 4.68 Å². The lowest BCUT2D eigenvalue weighted by molar-refractivity contribution is 0.0518. The number of rotatable bonds is 5. The number of carbonyl (C=O) groups is 1. The van der Waals surface area contributed by atoms with Crippen molar-refractivity contribution in [1.29, 1.82) is 0 Å². The van der Waals surface area contributed by atoms with Crippen LogP contribution in [0.25, 0.3) is 0 Å².